The third kappa shape index (κ3) is 4.63. The van der Waals surface area contributed by atoms with Crippen molar-refractivity contribution in [2.45, 2.75) is 25.8 Å². The van der Waals surface area contributed by atoms with Crippen LogP contribution in [0.1, 0.15) is 30.4 Å². The zero-order chi connectivity index (χ0) is 18.4. The number of carbonyl (C=O) groups is 1. The van der Waals surface area contributed by atoms with Crippen LogP contribution < -0.4 is 10.6 Å². The summed E-state index contributed by atoms with van der Waals surface area (Å²) in [5, 5.41) is 6.26. The maximum absolute atomic E-state index is 11.2. The Morgan fingerprint density at radius 3 is 2.73 bits per heavy atom. The second-order valence-electron chi connectivity index (χ2n) is 6.62. The number of carbonyl (C=O) groups excluding carboxylic acids is 1. The van der Waals surface area contributed by atoms with E-state index in [1.54, 1.807) is 0 Å². The molecule has 1 heterocycles. The molecule has 1 unspecified atom stereocenters. The van der Waals surface area contributed by atoms with Gasteiger partial charge in [0.25, 0.3) is 0 Å². The molecule has 1 atom stereocenters. The monoisotopic (exact) mass is 350 g/mol. The Bertz CT molecular complexity index is 773. The Morgan fingerprint density at radius 2 is 2.00 bits per heavy atom. The van der Waals surface area contributed by atoms with Gasteiger partial charge in [0.1, 0.15) is 0 Å². The topological polar surface area (TPSA) is 56.7 Å². The Kier molecular flexibility index (Phi) is 5.89. The third-order valence-electron chi connectivity index (χ3n) is 4.67. The zero-order valence-corrected chi connectivity index (χ0v) is 15.4. The van der Waals surface area contributed by atoms with Gasteiger partial charge < -0.3 is 15.5 Å². The Balaban J connectivity index is 1.58. The van der Waals surface area contributed by atoms with Crippen LogP contribution in [0.25, 0.3) is 0 Å². The first-order valence-electron chi connectivity index (χ1n) is 9.03. The molecule has 0 aliphatic carbocycles. The molecule has 0 aromatic heterocycles. The molecule has 0 radical (unpaired) electrons. The van der Waals surface area contributed by atoms with Crippen LogP contribution in [0.2, 0.25) is 0 Å². The number of hydrogen-bond acceptors (Lipinski definition) is 2. The lowest BCUT2D eigenvalue weighted by Gasteiger charge is -2.22. The minimum absolute atomic E-state index is 0.0602. The summed E-state index contributed by atoms with van der Waals surface area (Å²) in [5.74, 6) is 1.42. The average molecular weight is 350 g/mol. The quantitative estimate of drug-likeness (QED) is 0.658. The third-order valence-corrected chi connectivity index (χ3v) is 4.67. The van der Waals surface area contributed by atoms with Crippen molar-refractivity contribution in [3.8, 4) is 0 Å². The number of nitrogens with one attached hydrogen (secondary N) is 2. The molecule has 1 amide bonds. The first-order chi connectivity index (χ1) is 12.7. The molecule has 0 spiro atoms. The second kappa shape index (κ2) is 8.52. The number of anilines is 1. The van der Waals surface area contributed by atoms with Gasteiger partial charge >= 0.3 is 0 Å². The van der Waals surface area contributed by atoms with Gasteiger partial charge in [-0.25, -0.2) is 0 Å². The van der Waals surface area contributed by atoms with E-state index in [9.17, 15) is 4.79 Å². The molecule has 1 aliphatic heterocycles. The summed E-state index contributed by atoms with van der Waals surface area (Å²) in [4.78, 5) is 18.0. The van der Waals surface area contributed by atoms with E-state index in [1.165, 1.54) is 12.5 Å². The molecule has 5 heteroatoms. The van der Waals surface area contributed by atoms with Crippen LogP contribution >= 0.6 is 0 Å². The van der Waals surface area contributed by atoms with Crippen LogP contribution in [0.4, 0.5) is 5.69 Å². The fourth-order valence-corrected chi connectivity index (χ4v) is 3.43. The average Bonchev–Trinajstić information content (AvgIpc) is 3.13. The van der Waals surface area contributed by atoms with Crippen LogP contribution in [-0.2, 0) is 11.3 Å². The Morgan fingerprint density at radius 1 is 1.19 bits per heavy atom. The maximum Gasteiger partial charge on any atom is 0.221 e. The number of rotatable bonds is 4. The van der Waals surface area contributed by atoms with Crippen LogP contribution in [0, 0.1) is 0 Å². The molecule has 1 fully saturated rings. The summed E-state index contributed by atoms with van der Waals surface area (Å²) in [6.07, 6.45) is 1.14. The first-order valence-corrected chi connectivity index (χ1v) is 9.03. The van der Waals surface area contributed by atoms with Crippen LogP contribution in [0.15, 0.2) is 59.6 Å². The van der Waals surface area contributed by atoms with Gasteiger partial charge in [0.15, 0.2) is 5.96 Å². The summed E-state index contributed by atoms with van der Waals surface area (Å²) in [6.45, 7) is 4.18. The number of aliphatic imine (C=N–C) groups is 1. The molecule has 0 bridgehead atoms. The molecule has 2 aromatic carbocycles. The maximum atomic E-state index is 11.2. The van der Waals surface area contributed by atoms with Gasteiger partial charge in [-0.3, -0.25) is 9.79 Å². The van der Waals surface area contributed by atoms with Gasteiger partial charge in [0, 0.05) is 45.2 Å². The number of likely N-dealkylation sites (tertiary alicyclic amines) is 1. The van der Waals surface area contributed by atoms with Gasteiger partial charge in [-0.15, -0.1) is 0 Å². The first kappa shape index (κ1) is 18.0. The highest BCUT2D eigenvalue weighted by Crippen LogP contribution is 2.26. The smallest absolute Gasteiger partial charge is 0.221 e. The van der Waals surface area contributed by atoms with E-state index in [-0.39, 0.29) is 5.91 Å². The Labute approximate surface area is 155 Å². The molecule has 136 valence electrons. The van der Waals surface area contributed by atoms with Gasteiger partial charge in [0.05, 0.1) is 0 Å². The molecule has 26 heavy (non-hydrogen) atoms. The lowest BCUT2D eigenvalue weighted by molar-refractivity contribution is -0.114. The number of guanidine groups is 1. The van der Waals surface area contributed by atoms with Crippen molar-refractivity contribution >= 4 is 17.6 Å². The van der Waals surface area contributed by atoms with E-state index in [1.807, 2.05) is 31.3 Å². The molecule has 1 saturated heterocycles. The van der Waals surface area contributed by atoms with Crippen molar-refractivity contribution < 1.29 is 4.79 Å². The van der Waals surface area contributed by atoms with Gasteiger partial charge in [-0.05, 0) is 29.7 Å². The predicted molar refractivity (Wildman–Crippen MR) is 106 cm³/mol. The molecule has 2 N–H and O–H groups in total. The fraction of sp³-hybridized carbons (Fsp3) is 0.333. The van der Waals surface area contributed by atoms with Gasteiger partial charge in [-0.2, -0.15) is 0 Å². The van der Waals surface area contributed by atoms with E-state index in [4.69, 9.17) is 0 Å². The molecule has 2 aromatic rings. The summed E-state index contributed by atoms with van der Waals surface area (Å²) in [6, 6.07) is 18.6. The molecule has 3 rings (SSSR count). The predicted octanol–water partition coefficient (Wildman–Crippen LogP) is 3.21. The number of benzene rings is 2. The fourth-order valence-electron chi connectivity index (χ4n) is 3.43. The van der Waals surface area contributed by atoms with Crippen LogP contribution in [0.5, 0.6) is 0 Å². The minimum atomic E-state index is -0.0602. The van der Waals surface area contributed by atoms with Crippen molar-refractivity contribution in [2.75, 3.05) is 25.5 Å². The highest BCUT2D eigenvalue weighted by Gasteiger charge is 2.25. The summed E-state index contributed by atoms with van der Waals surface area (Å²) >= 11 is 0. The minimum Gasteiger partial charge on any atom is -0.352 e. The van der Waals surface area contributed by atoms with Crippen molar-refractivity contribution in [3.05, 3.63) is 65.7 Å². The van der Waals surface area contributed by atoms with Crippen LogP contribution in [-0.4, -0.2) is 36.9 Å². The molecule has 0 saturated carbocycles. The highest BCUT2D eigenvalue weighted by atomic mass is 16.1. The van der Waals surface area contributed by atoms with Crippen molar-refractivity contribution in [1.82, 2.24) is 10.2 Å². The lowest BCUT2D eigenvalue weighted by Crippen LogP contribution is -2.39. The molecule has 1 aliphatic rings. The van der Waals surface area contributed by atoms with Crippen LogP contribution in [0.3, 0.4) is 0 Å². The second-order valence-corrected chi connectivity index (χ2v) is 6.62. The molecular formula is C21H26N4O. The SMILES string of the molecule is CN=C(NCc1cccc(NC(C)=O)c1)N1CCC(c2ccccc2)C1. The van der Waals surface area contributed by atoms with Crippen molar-refractivity contribution in [2.24, 2.45) is 4.99 Å². The van der Waals surface area contributed by atoms with E-state index >= 15 is 0 Å². The number of amides is 1. The molecule has 5 nitrogen and oxygen atoms in total. The largest absolute Gasteiger partial charge is 0.352 e. The van der Waals surface area contributed by atoms with E-state index in [2.05, 4.69) is 50.9 Å². The van der Waals surface area contributed by atoms with E-state index < -0.39 is 0 Å². The van der Waals surface area contributed by atoms with E-state index in [0.29, 0.717) is 12.5 Å². The number of nitrogens with zero attached hydrogens (tertiary/aromatic N) is 2. The summed E-state index contributed by atoms with van der Waals surface area (Å²) in [7, 11) is 1.83. The van der Waals surface area contributed by atoms with Crippen molar-refractivity contribution in [1.29, 1.82) is 0 Å². The summed E-state index contributed by atoms with van der Waals surface area (Å²) < 4.78 is 0. The normalized spacial score (nSPS) is 17.2. The van der Waals surface area contributed by atoms with Crippen molar-refractivity contribution in [3.63, 3.8) is 0 Å². The summed E-state index contributed by atoms with van der Waals surface area (Å²) in [5.41, 5.74) is 3.32. The molecular weight excluding hydrogens is 324 g/mol. The van der Waals surface area contributed by atoms with E-state index in [0.717, 1.165) is 36.7 Å². The standard InChI is InChI=1S/C21H26N4O/c1-16(26)24-20-10-6-7-17(13-20)14-23-21(22-2)25-12-11-19(15-25)18-8-4-3-5-9-18/h3-10,13,19H,11-12,14-15H2,1-2H3,(H,22,23)(H,24,26). The Hall–Kier alpha value is -2.82. The zero-order valence-electron chi connectivity index (χ0n) is 15.4. The lowest BCUT2D eigenvalue weighted by atomic mass is 9.99. The van der Waals surface area contributed by atoms with Gasteiger partial charge in [0.2, 0.25) is 5.91 Å². The highest BCUT2D eigenvalue weighted by molar-refractivity contribution is 5.88. The van der Waals surface area contributed by atoms with Gasteiger partial charge in [-0.1, -0.05) is 42.5 Å². The number of hydrogen-bond donors (Lipinski definition) is 2.